The molecule has 1 unspecified atom stereocenters. The third-order valence-electron chi connectivity index (χ3n) is 7.97. The van der Waals surface area contributed by atoms with Crippen LogP contribution in [0.2, 0.25) is 5.02 Å². The molecule has 0 saturated carbocycles. The number of benzene rings is 2. The number of ether oxygens (including phenoxy) is 3. The van der Waals surface area contributed by atoms with Crippen LogP contribution in [0.15, 0.2) is 65.0 Å². The Bertz CT molecular complexity index is 1470. The highest BCUT2D eigenvalue weighted by Crippen LogP contribution is 2.41. The molecule has 11 nitrogen and oxygen atoms in total. The van der Waals surface area contributed by atoms with Crippen molar-refractivity contribution in [1.82, 2.24) is 15.5 Å². The molecule has 0 bridgehead atoms. The molecule has 4 rings (SSSR count). The summed E-state index contributed by atoms with van der Waals surface area (Å²) in [6.45, 7) is 10.4. The van der Waals surface area contributed by atoms with Gasteiger partial charge in [-0.1, -0.05) is 29.8 Å². The molecule has 242 valence electrons. The van der Waals surface area contributed by atoms with Gasteiger partial charge in [-0.05, 0) is 63.6 Å². The number of rotatable bonds is 11. The zero-order valence-corrected chi connectivity index (χ0v) is 27.3. The quantitative estimate of drug-likeness (QED) is 0.238. The minimum atomic E-state index is -0.790. The van der Waals surface area contributed by atoms with E-state index >= 15 is 0 Å². The number of anilines is 2. The summed E-state index contributed by atoms with van der Waals surface area (Å²) in [6.07, 6.45) is 0.782. The molecule has 0 aromatic heterocycles. The predicted molar refractivity (Wildman–Crippen MR) is 175 cm³/mol. The van der Waals surface area contributed by atoms with Gasteiger partial charge >= 0.3 is 18.0 Å². The third kappa shape index (κ3) is 8.09. The van der Waals surface area contributed by atoms with Crippen molar-refractivity contribution >= 4 is 40.9 Å². The Labute approximate surface area is 269 Å². The van der Waals surface area contributed by atoms with Crippen molar-refractivity contribution in [3.63, 3.8) is 0 Å². The fourth-order valence-corrected chi connectivity index (χ4v) is 5.94. The molecule has 2 amide bonds. The van der Waals surface area contributed by atoms with E-state index < -0.39 is 23.9 Å². The van der Waals surface area contributed by atoms with Gasteiger partial charge < -0.3 is 35.1 Å². The number of nitrogens with one attached hydrogen (secondary N) is 3. The number of hydrogen-bond acceptors (Lipinski definition) is 9. The summed E-state index contributed by atoms with van der Waals surface area (Å²) in [6, 6.07) is 12.7. The standard InChI is InChI=1S/C33H42ClN5O6/c1-6-45-32(41)29-22(3)36-21(2)28(31(40)44-5)30(29)23-12-13-24(34)25(20-23)37-33(42)35-14-9-15-38-16-18-39(19-17-38)26-10-7-8-11-27(26)43-4/h7-8,10-13,20,30,36H,6,9,14-19H2,1-5H3,(H2,35,37,42). The summed E-state index contributed by atoms with van der Waals surface area (Å²) in [4.78, 5) is 43.5. The second-order valence-electron chi connectivity index (χ2n) is 10.8. The SMILES string of the molecule is CCOC(=O)C1=C(C)NC(C)=C(C(=O)OC)C1c1ccc(Cl)c(NC(=O)NCCCN2CCN(c3ccccc3OC)CC2)c1. The Morgan fingerprint density at radius 1 is 0.978 bits per heavy atom. The Kier molecular flexibility index (Phi) is 11.7. The first-order valence-electron chi connectivity index (χ1n) is 15.1. The summed E-state index contributed by atoms with van der Waals surface area (Å²) < 4.78 is 15.9. The van der Waals surface area contributed by atoms with Gasteiger partial charge in [0.2, 0.25) is 0 Å². The minimum absolute atomic E-state index is 0.172. The van der Waals surface area contributed by atoms with Crippen molar-refractivity contribution in [3.8, 4) is 5.75 Å². The van der Waals surface area contributed by atoms with E-state index in [1.54, 1.807) is 46.1 Å². The van der Waals surface area contributed by atoms with Gasteiger partial charge in [-0.15, -0.1) is 0 Å². The van der Waals surface area contributed by atoms with Crippen LogP contribution in [-0.4, -0.2) is 83.0 Å². The van der Waals surface area contributed by atoms with Gasteiger partial charge in [0.15, 0.2) is 0 Å². The number of halogens is 1. The number of allylic oxidation sites excluding steroid dienone is 2. The van der Waals surface area contributed by atoms with Crippen LogP contribution in [0, 0.1) is 0 Å². The van der Waals surface area contributed by atoms with Crippen LogP contribution in [0.3, 0.4) is 0 Å². The summed E-state index contributed by atoms with van der Waals surface area (Å²) in [5.74, 6) is -1.04. The number of methoxy groups -OCH3 is 2. The number of para-hydroxylation sites is 2. The molecule has 0 spiro atoms. The fourth-order valence-electron chi connectivity index (χ4n) is 5.78. The van der Waals surface area contributed by atoms with Gasteiger partial charge in [0, 0.05) is 44.1 Å². The average Bonchev–Trinajstić information content (AvgIpc) is 3.03. The first kappa shape index (κ1) is 33.7. The molecule has 2 aromatic carbocycles. The Hall–Kier alpha value is -4.22. The first-order chi connectivity index (χ1) is 21.7. The van der Waals surface area contributed by atoms with E-state index in [0.717, 1.165) is 50.6 Å². The molecule has 1 atom stereocenters. The highest BCUT2D eigenvalue weighted by atomic mass is 35.5. The number of carbonyl (C=O) groups excluding carboxylic acids is 3. The van der Waals surface area contributed by atoms with Gasteiger partial charge in [0.25, 0.3) is 0 Å². The van der Waals surface area contributed by atoms with E-state index in [-0.39, 0.29) is 17.8 Å². The zero-order valence-electron chi connectivity index (χ0n) is 26.5. The number of nitrogens with zero attached hydrogens (tertiary/aromatic N) is 2. The lowest BCUT2D eigenvalue weighted by Gasteiger charge is -2.36. The summed E-state index contributed by atoms with van der Waals surface area (Å²) in [7, 11) is 2.98. The van der Waals surface area contributed by atoms with E-state index in [2.05, 4.69) is 31.8 Å². The first-order valence-corrected chi connectivity index (χ1v) is 15.4. The lowest BCUT2D eigenvalue weighted by Crippen LogP contribution is -2.47. The van der Waals surface area contributed by atoms with Crippen LogP contribution in [0.1, 0.15) is 38.7 Å². The molecule has 2 aliphatic heterocycles. The Morgan fingerprint density at radius 2 is 1.67 bits per heavy atom. The predicted octanol–water partition coefficient (Wildman–Crippen LogP) is 4.65. The molecule has 2 heterocycles. The number of hydrogen-bond donors (Lipinski definition) is 3. The van der Waals surface area contributed by atoms with Crippen LogP contribution >= 0.6 is 11.6 Å². The van der Waals surface area contributed by atoms with Crippen molar-refractivity contribution in [1.29, 1.82) is 0 Å². The third-order valence-corrected chi connectivity index (χ3v) is 8.30. The molecule has 1 saturated heterocycles. The van der Waals surface area contributed by atoms with Crippen molar-refractivity contribution in [2.75, 3.05) is 70.3 Å². The lowest BCUT2D eigenvalue weighted by atomic mass is 9.80. The van der Waals surface area contributed by atoms with E-state index in [1.807, 2.05) is 18.2 Å². The number of carbonyl (C=O) groups is 3. The smallest absolute Gasteiger partial charge is 0.336 e. The summed E-state index contributed by atoms with van der Waals surface area (Å²) >= 11 is 6.47. The molecule has 0 radical (unpaired) electrons. The molecule has 12 heteroatoms. The number of urea groups is 1. The molecule has 1 fully saturated rings. The van der Waals surface area contributed by atoms with Crippen LogP contribution in [0.5, 0.6) is 5.75 Å². The van der Waals surface area contributed by atoms with Crippen LogP contribution in [0.4, 0.5) is 16.2 Å². The van der Waals surface area contributed by atoms with Crippen LogP contribution in [0.25, 0.3) is 0 Å². The monoisotopic (exact) mass is 639 g/mol. The maximum Gasteiger partial charge on any atom is 0.336 e. The van der Waals surface area contributed by atoms with E-state index in [1.165, 1.54) is 7.11 Å². The molecule has 45 heavy (non-hydrogen) atoms. The van der Waals surface area contributed by atoms with Gasteiger partial charge in [0.1, 0.15) is 5.75 Å². The molecular weight excluding hydrogens is 598 g/mol. The average molecular weight is 640 g/mol. The van der Waals surface area contributed by atoms with Crippen molar-refractivity contribution in [3.05, 3.63) is 75.6 Å². The maximum atomic E-state index is 13.0. The second-order valence-corrected chi connectivity index (χ2v) is 11.2. The number of piperazine rings is 1. The molecule has 3 N–H and O–H groups in total. The van der Waals surface area contributed by atoms with Crippen LogP contribution < -0.4 is 25.6 Å². The Balaban J connectivity index is 1.36. The minimum Gasteiger partial charge on any atom is -0.495 e. The molecule has 2 aliphatic rings. The lowest BCUT2D eigenvalue weighted by molar-refractivity contribution is -0.139. The fraction of sp³-hybridized carbons (Fsp3) is 0.424. The number of dihydropyridines is 1. The summed E-state index contributed by atoms with van der Waals surface area (Å²) in [5, 5.41) is 9.13. The van der Waals surface area contributed by atoms with Gasteiger partial charge in [-0.3, -0.25) is 4.90 Å². The van der Waals surface area contributed by atoms with Gasteiger partial charge in [-0.2, -0.15) is 0 Å². The zero-order chi connectivity index (χ0) is 32.5. The van der Waals surface area contributed by atoms with Gasteiger partial charge in [-0.25, -0.2) is 14.4 Å². The highest BCUT2D eigenvalue weighted by molar-refractivity contribution is 6.33. The topological polar surface area (TPSA) is 121 Å². The Morgan fingerprint density at radius 3 is 2.33 bits per heavy atom. The van der Waals surface area contributed by atoms with E-state index in [9.17, 15) is 14.4 Å². The van der Waals surface area contributed by atoms with Crippen LogP contribution in [-0.2, 0) is 19.1 Å². The van der Waals surface area contributed by atoms with Crippen molar-refractivity contribution in [2.24, 2.45) is 0 Å². The molecule has 2 aromatic rings. The molecular formula is C33H42ClN5O6. The highest BCUT2D eigenvalue weighted by Gasteiger charge is 2.38. The van der Waals surface area contributed by atoms with E-state index in [0.29, 0.717) is 34.2 Å². The van der Waals surface area contributed by atoms with Crippen molar-refractivity contribution < 1.29 is 28.6 Å². The maximum absolute atomic E-state index is 13.0. The largest absolute Gasteiger partial charge is 0.495 e. The number of esters is 2. The molecule has 0 aliphatic carbocycles. The van der Waals surface area contributed by atoms with Crippen molar-refractivity contribution in [2.45, 2.75) is 33.1 Å². The number of amides is 2. The van der Waals surface area contributed by atoms with E-state index in [4.69, 9.17) is 25.8 Å². The second kappa shape index (κ2) is 15.7. The normalized spacial score (nSPS) is 17.0. The summed E-state index contributed by atoms with van der Waals surface area (Å²) in [5.41, 5.74) is 3.70. The van der Waals surface area contributed by atoms with Gasteiger partial charge in [0.05, 0.1) is 54.3 Å².